The van der Waals surface area contributed by atoms with Crippen LogP contribution in [0.25, 0.3) is 0 Å². The maximum atomic E-state index is 12.9. The molecule has 2 fully saturated rings. The van der Waals surface area contributed by atoms with Crippen LogP contribution in [-0.4, -0.2) is 102 Å². The Bertz CT molecular complexity index is 1190. The van der Waals surface area contributed by atoms with Crippen LogP contribution >= 0.6 is 0 Å². The Morgan fingerprint density at radius 1 is 0.774 bits per heavy atom. The first-order valence-corrected chi connectivity index (χ1v) is 19.7. The second-order valence-corrected chi connectivity index (χ2v) is 21.1. The van der Waals surface area contributed by atoms with E-state index in [2.05, 4.69) is 66.0 Å². The number of hydrogen-bond acceptors (Lipinski definition) is 10. The number of aliphatic hydroxyl groups is 2. The van der Waals surface area contributed by atoms with Crippen molar-refractivity contribution in [3.8, 4) is 0 Å². The zero-order chi connectivity index (χ0) is 40.9. The Morgan fingerprint density at radius 3 is 1.70 bits per heavy atom. The van der Waals surface area contributed by atoms with Crippen molar-refractivity contribution < 1.29 is 43.5 Å². The molecule has 7 unspecified atom stereocenters. The van der Waals surface area contributed by atoms with Gasteiger partial charge in [0.1, 0.15) is 6.10 Å². The molecule has 0 bridgehead atoms. The van der Waals surface area contributed by atoms with Crippen molar-refractivity contribution in [3.63, 3.8) is 0 Å². The van der Waals surface area contributed by atoms with Gasteiger partial charge in [-0.05, 0) is 84.0 Å². The van der Waals surface area contributed by atoms with Gasteiger partial charge in [0.2, 0.25) is 11.8 Å². The number of rotatable bonds is 20. The summed E-state index contributed by atoms with van der Waals surface area (Å²) in [6.07, 6.45) is 0.703. The molecule has 0 saturated carbocycles. The van der Waals surface area contributed by atoms with E-state index in [9.17, 15) is 19.8 Å². The van der Waals surface area contributed by atoms with Crippen molar-refractivity contribution in [1.29, 1.82) is 0 Å². The van der Waals surface area contributed by atoms with Crippen LogP contribution in [-0.2, 0) is 33.3 Å². The van der Waals surface area contributed by atoms with Crippen LogP contribution in [0.4, 0.5) is 0 Å². The first-order valence-electron chi connectivity index (χ1n) is 19.7. The summed E-state index contributed by atoms with van der Waals surface area (Å²) >= 11 is 0. The van der Waals surface area contributed by atoms with E-state index in [4.69, 9.17) is 29.4 Å². The van der Waals surface area contributed by atoms with E-state index in [1.165, 1.54) is 0 Å². The molecule has 7 atom stereocenters. The summed E-state index contributed by atoms with van der Waals surface area (Å²) in [4.78, 5) is 25.8. The summed E-state index contributed by atoms with van der Waals surface area (Å²) in [5.74, 6) is -2.99. The number of nitrogens with two attached hydrogens (primary N) is 1. The van der Waals surface area contributed by atoms with Crippen LogP contribution in [0.5, 0.6) is 0 Å². The molecule has 312 valence electrons. The fourth-order valence-corrected chi connectivity index (χ4v) is 8.14. The highest BCUT2D eigenvalue weighted by molar-refractivity contribution is 5.76. The molecule has 2 saturated heterocycles. The first kappa shape index (κ1) is 47.8. The summed E-state index contributed by atoms with van der Waals surface area (Å²) in [5.41, 5.74) is 4.19. The van der Waals surface area contributed by atoms with Gasteiger partial charge in [0.15, 0.2) is 11.6 Å². The van der Waals surface area contributed by atoms with Gasteiger partial charge in [0, 0.05) is 50.2 Å². The quantitative estimate of drug-likeness (QED) is 0.106. The first-order chi connectivity index (χ1) is 23.7. The Kier molecular flexibility index (Phi) is 16.1. The highest BCUT2D eigenvalue weighted by atomic mass is 16.8. The molecule has 53 heavy (non-hydrogen) atoms. The Balaban J connectivity index is 2.10. The monoisotopic (exact) mass is 758 g/mol. The predicted molar refractivity (Wildman–Crippen MR) is 208 cm³/mol. The number of ether oxygens (including phenoxy) is 5. The number of carbonyl (C=O) groups is 2. The molecule has 0 aromatic heterocycles. The molecule has 2 rings (SSSR count). The molecular weight excluding hydrogens is 678 g/mol. The minimum Gasteiger partial charge on any atom is -0.390 e. The van der Waals surface area contributed by atoms with Crippen LogP contribution in [0, 0.1) is 22.2 Å². The lowest BCUT2D eigenvalue weighted by atomic mass is 9.76. The molecule has 6 N–H and O–H groups in total. The van der Waals surface area contributed by atoms with Gasteiger partial charge >= 0.3 is 0 Å². The topological polar surface area (TPSA) is 171 Å². The summed E-state index contributed by atoms with van der Waals surface area (Å²) in [6.45, 7) is 31.5. The molecule has 0 aromatic rings. The fourth-order valence-electron chi connectivity index (χ4n) is 8.14. The smallest absolute Gasteiger partial charge is 0.220 e. The van der Waals surface area contributed by atoms with E-state index in [-0.39, 0.29) is 60.7 Å². The third kappa shape index (κ3) is 17.5. The minimum absolute atomic E-state index is 0.0309. The van der Waals surface area contributed by atoms with Gasteiger partial charge in [-0.2, -0.15) is 0 Å². The van der Waals surface area contributed by atoms with Gasteiger partial charge < -0.3 is 50.3 Å². The van der Waals surface area contributed by atoms with Crippen LogP contribution < -0.4 is 16.4 Å². The van der Waals surface area contributed by atoms with Crippen molar-refractivity contribution in [2.45, 2.75) is 195 Å². The zero-order valence-corrected chi connectivity index (χ0v) is 36.1. The highest BCUT2D eigenvalue weighted by Crippen LogP contribution is 2.41. The van der Waals surface area contributed by atoms with E-state index >= 15 is 0 Å². The Hall–Kier alpha value is -1.38. The molecule has 2 amide bonds. The molecule has 0 spiro atoms. The summed E-state index contributed by atoms with van der Waals surface area (Å²) in [6, 6.07) is 0. The van der Waals surface area contributed by atoms with Gasteiger partial charge in [-0.25, -0.2) is 0 Å². The van der Waals surface area contributed by atoms with E-state index < -0.39 is 52.5 Å². The van der Waals surface area contributed by atoms with E-state index in [1.807, 2.05) is 20.8 Å². The largest absolute Gasteiger partial charge is 0.390 e. The lowest BCUT2D eigenvalue weighted by Gasteiger charge is -2.42. The van der Waals surface area contributed by atoms with Gasteiger partial charge in [0.25, 0.3) is 0 Å². The second kappa shape index (κ2) is 17.8. The number of carbonyl (C=O) groups excluding carboxylic acids is 2. The second-order valence-electron chi connectivity index (χ2n) is 21.1. The van der Waals surface area contributed by atoms with Crippen molar-refractivity contribution >= 4 is 11.8 Å². The standard InChI is InChI=1S/C41H79N3O9/c1-34(2,3)24-36(7,8)26-43-30(45)16-19-41(15)51-23-29(53-41)33(47)32(38(11,12)49-21-20-37(9,10)48)28-22-50-40(14,52-28)18-17-31(46)44-27-39(13,42)25-35(4,5)6/h28-29,32-33,47-48H,16-27,42H2,1-15H3,(H,43,45)(H,44,46). The summed E-state index contributed by atoms with van der Waals surface area (Å²) in [7, 11) is 0. The highest BCUT2D eigenvalue weighted by Gasteiger charge is 2.53. The third-order valence-electron chi connectivity index (χ3n) is 10.1. The molecule has 0 aromatic carbocycles. The fraction of sp³-hybridized carbons (Fsp3) is 0.951. The van der Waals surface area contributed by atoms with Crippen LogP contribution in [0.2, 0.25) is 0 Å². The molecule has 12 heteroatoms. The molecule has 0 aliphatic carbocycles. The van der Waals surface area contributed by atoms with Crippen LogP contribution in [0.15, 0.2) is 0 Å². The van der Waals surface area contributed by atoms with Crippen LogP contribution in [0.1, 0.15) is 149 Å². The number of hydrogen-bond donors (Lipinski definition) is 5. The van der Waals surface area contributed by atoms with E-state index in [0.717, 1.165) is 12.8 Å². The van der Waals surface area contributed by atoms with Crippen molar-refractivity contribution in [2.75, 3.05) is 32.9 Å². The Labute approximate surface area is 321 Å². The predicted octanol–water partition coefficient (Wildman–Crippen LogP) is 5.59. The molecule has 12 nitrogen and oxygen atoms in total. The molecule has 0 radical (unpaired) electrons. The van der Waals surface area contributed by atoms with E-state index in [0.29, 0.717) is 32.4 Å². The van der Waals surface area contributed by atoms with Gasteiger partial charge in [-0.15, -0.1) is 0 Å². The minimum atomic E-state index is -1.09. The SMILES string of the molecule is CC(C)(C)CC(C)(C)CNC(=O)CCC1(C)OCC(C(O)C(C2COC(C)(CCC(=O)NCC(C)(N)CC(C)(C)C)O2)C(C)(C)OCCC(C)(C)O)O1. The molecule has 2 heterocycles. The average molecular weight is 758 g/mol. The molecule has 2 aliphatic rings. The Morgan fingerprint density at radius 2 is 1.23 bits per heavy atom. The van der Waals surface area contributed by atoms with Crippen molar-refractivity contribution in [1.82, 2.24) is 10.6 Å². The zero-order valence-electron chi connectivity index (χ0n) is 36.1. The van der Waals surface area contributed by atoms with Gasteiger partial charge in [0.05, 0.1) is 43.2 Å². The summed E-state index contributed by atoms with van der Waals surface area (Å²) in [5, 5.41) is 28.4. The molecular formula is C41H79N3O9. The normalized spacial score (nSPS) is 27.0. The lowest BCUT2D eigenvalue weighted by molar-refractivity contribution is -0.212. The maximum absolute atomic E-state index is 12.9. The number of aliphatic hydroxyl groups excluding tert-OH is 1. The van der Waals surface area contributed by atoms with Crippen molar-refractivity contribution in [3.05, 3.63) is 0 Å². The van der Waals surface area contributed by atoms with Crippen molar-refractivity contribution in [2.24, 2.45) is 27.9 Å². The van der Waals surface area contributed by atoms with Gasteiger partial charge in [-0.1, -0.05) is 55.4 Å². The third-order valence-corrected chi connectivity index (χ3v) is 10.1. The summed E-state index contributed by atoms with van der Waals surface area (Å²) < 4.78 is 31.6. The van der Waals surface area contributed by atoms with Crippen LogP contribution in [0.3, 0.4) is 0 Å². The van der Waals surface area contributed by atoms with Gasteiger partial charge in [-0.3, -0.25) is 9.59 Å². The molecule has 2 aliphatic heterocycles. The van der Waals surface area contributed by atoms with E-state index in [1.54, 1.807) is 27.7 Å². The number of amides is 2. The maximum Gasteiger partial charge on any atom is 0.220 e. The number of nitrogens with one attached hydrogen (secondary N) is 2. The average Bonchev–Trinajstić information content (AvgIpc) is 3.53. The lowest BCUT2D eigenvalue weighted by Crippen LogP contribution is -2.54.